The predicted molar refractivity (Wildman–Crippen MR) is 110 cm³/mol. The van der Waals surface area contributed by atoms with Crippen LogP contribution in [0.15, 0.2) is 59.6 Å². The molecule has 3 nitrogen and oxygen atoms in total. The molecule has 3 rings (SSSR count). The summed E-state index contributed by atoms with van der Waals surface area (Å²) in [5.41, 5.74) is 2.97. The number of para-hydroxylation sites is 1. The highest BCUT2D eigenvalue weighted by Gasteiger charge is 2.19. The standard InChI is InChI=1S/C21H24N2O.BrH/c1-17-11-13-18(14-12-17)20(24)16-23(19-8-4-2-5-9-19)21-10-6-3-7-15-22-21;/h2,4-5,8-9,11-14H,3,6-7,10,15-16H2,1H3;1H. The minimum atomic E-state index is 0. The summed E-state index contributed by atoms with van der Waals surface area (Å²) in [6.07, 6.45) is 4.43. The van der Waals surface area contributed by atoms with Crippen molar-refractivity contribution in [2.24, 2.45) is 4.99 Å². The van der Waals surface area contributed by atoms with E-state index in [1.54, 1.807) is 0 Å². The number of nitrogens with zero attached hydrogens (tertiary/aromatic N) is 2. The Hall–Kier alpha value is -1.94. The van der Waals surface area contributed by atoms with E-state index in [1.807, 2.05) is 49.4 Å². The van der Waals surface area contributed by atoms with Crippen LogP contribution in [0.25, 0.3) is 0 Å². The Morgan fingerprint density at radius 2 is 1.72 bits per heavy atom. The molecule has 0 N–H and O–H groups in total. The number of anilines is 1. The molecule has 0 fully saturated rings. The second kappa shape index (κ2) is 9.52. The first-order valence-corrected chi connectivity index (χ1v) is 8.70. The number of hydrogen-bond donors (Lipinski definition) is 0. The number of ketones is 1. The zero-order valence-corrected chi connectivity index (χ0v) is 16.4. The highest BCUT2D eigenvalue weighted by atomic mass is 79.9. The number of rotatable bonds is 4. The zero-order chi connectivity index (χ0) is 16.8. The predicted octanol–water partition coefficient (Wildman–Crippen LogP) is 5.23. The Bertz CT molecular complexity index is 710. The molecule has 1 aliphatic heterocycles. The van der Waals surface area contributed by atoms with E-state index in [2.05, 4.69) is 17.0 Å². The number of carbonyl (C=O) groups excluding carboxylic acids is 1. The third kappa shape index (κ3) is 5.27. The lowest BCUT2D eigenvalue weighted by Gasteiger charge is -2.25. The number of halogens is 1. The molecule has 132 valence electrons. The van der Waals surface area contributed by atoms with Crippen LogP contribution in [0.1, 0.15) is 41.6 Å². The molecule has 0 saturated heterocycles. The van der Waals surface area contributed by atoms with Gasteiger partial charge in [-0.2, -0.15) is 0 Å². The fourth-order valence-corrected chi connectivity index (χ4v) is 2.99. The van der Waals surface area contributed by atoms with Gasteiger partial charge in [0.15, 0.2) is 5.78 Å². The van der Waals surface area contributed by atoms with E-state index in [-0.39, 0.29) is 22.8 Å². The van der Waals surface area contributed by atoms with Crippen molar-refractivity contribution >= 4 is 34.3 Å². The SMILES string of the molecule is Br.Cc1ccc(C(=O)CN(C2=NCCCCC2)c2ccccc2)cc1. The number of amidine groups is 1. The largest absolute Gasteiger partial charge is 0.322 e. The third-order valence-electron chi connectivity index (χ3n) is 4.41. The van der Waals surface area contributed by atoms with Crippen molar-refractivity contribution in [3.05, 3.63) is 65.7 Å². The van der Waals surface area contributed by atoms with Gasteiger partial charge in [-0.3, -0.25) is 9.79 Å². The molecular formula is C21H25BrN2O. The van der Waals surface area contributed by atoms with Crippen molar-refractivity contribution in [1.29, 1.82) is 0 Å². The quantitative estimate of drug-likeness (QED) is 0.657. The summed E-state index contributed by atoms with van der Waals surface area (Å²) in [4.78, 5) is 19.6. The van der Waals surface area contributed by atoms with Gasteiger partial charge in [0.05, 0.1) is 6.54 Å². The maximum Gasteiger partial charge on any atom is 0.182 e. The molecule has 1 heterocycles. The normalized spacial score (nSPS) is 14.0. The van der Waals surface area contributed by atoms with Crippen LogP contribution in [0.3, 0.4) is 0 Å². The molecule has 0 aromatic heterocycles. The van der Waals surface area contributed by atoms with Crippen LogP contribution in [0, 0.1) is 6.92 Å². The number of benzene rings is 2. The van der Waals surface area contributed by atoms with Crippen molar-refractivity contribution in [3.63, 3.8) is 0 Å². The fraction of sp³-hybridized carbons (Fsp3) is 0.333. The van der Waals surface area contributed by atoms with Crippen LogP contribution in [0.4, 0.5) is 5.69 Å². The molecule has 0 spiro atoms. The summed E-state index contributed by atoms with van der Waals surface area (Å²) in [5, 5.41) is 0. The van der Waals surface area contributed by atoms with Gasteiger partial charge >= 0.3 is 0 Å². The van der Waals surface area contributed by atoms with Crippen LogP contribution in [0.5, 0.6) is 0 Å². The average Bonchev–Trinajstić information content (AvgIpc) is 2.90. The summed E-state index contributed by atoms with van der Waals surface area (Å²) in [6.45, 7) is 3.23. The molecule has 1 aliphatic rings. The second-order valence-corrected chi connectivity index (χ2v) is 6.32. The highest BCUT2D eigenvalue weighted by Crippen LogP contribution is 2.19. The van der Waals surface area contributed by atoms with Gasteiger partial charge in [-0.25, -0.2) is 0 Å². The van der Waals surface area contributed by atoms with E-state index < -0.39 is 0 Å². The summed E-state index contributed by atoms with van der Waals surface area (Å²) in [7, 11) is 0. The van der Waals surface area contributed by atoms with Crippen LogP contribution < -0.4 is 4.90 Å². The van der Waals surface area contributed by atoms with Gasteiger partial charge in [0.1, 0.15) is 5.84 Å². The Morgan fingerprint density at radius 3 is 2.44 bits per heavy atom. The van der Waals surface area contributed by atoms with Crippen LogP contribution >= 0.6 is 17.0 Å². The second-order valence-electron chi connectivity index (χ2n) is 6.32. The van der Waals surface area contributed by atoms with E-state index >= 15 is 0 Å². The number of aryl methyl sites for hydroxylation is 1. The lowest BCUT2D eigenvalue weighted by molar-refractivity contribution is 0.100. The Kier molecular flexibility index (Phi) is 7.38. The number of aliphatic imine (C=N–C) groups is 1. The maximum atomic E-state index is 12.8. The molecule has 0 amide bonds. The first-order valence-electron chi connectivity index (χ1n) is 8.70. The molecule has 2 aromatic carbocycles. The minimum Gasteiger partial charge on any atom is -0.322 e. The minimum absolute atomic E-state index is 0. The van der Waals surface area contributed by atoms with Crippen LogP contribution in [0.2, 0.25) is 0 Å². The molecule has 0 radical (unpaired) electrons. The van der Waals surface area contributed by atoms with E-state index in [0.717, 1.165) is 42.9 Å². The number of hydrogen-bond acceptors (Lipinski definition) is 3. The van der Waals surface area contributed by atoms with Gasteiger partial charge in [-0.15, -0.1) is 17.0 Å². The lowest BCUT2D eigenvalue weighted by Crippen LogP contribution is -2.35. The Labute approximate surface area is 160 Å². The van der Waals surface area contributed by atoms with Gasteiger partial charge in [0.25, 0.3) is 0 Å². The van der Waals surface area contributed by atoms with Crippen molar-refractivity contribution in [2.75, 3.05) is 18.0 Å². The smallest absolute Gasteiger partial charge is 0.182 e. The van der Waals surface area contributed by atoms with Gasteiger partial charge in [0.2, 0.25) is 0 Å². The molecule has 0 saturated carbocycles. The summed E-state index contributed by atoms with van der Waals surface area (Å²) >= 11 is 0. The first-order chi connectivity index (χ1) is 11.7. The van der Waals surface area contributed by atoms with E-state index in [1.165, 1.54) is 12.0 Å². The monoisotopic (exact) mass is 400 g/mol. The lowest BCUT2D eigenvalue weighted by atomic mass is 10.1. The molecule has 0 aliphatic carbocycles. The number of carbonyl (C=O) groups is 1. The third-order valence-corrected chi connectivity index (χ3v) is 4.41. The Balaban J connectivity index is 0.00000225. The molecule has 4 heteroatoms. The van der Waals surface area contributed by atoms with Gasteiger partial charge in [0, 0.05) is 24.2 Å². The molecule has 0 atom stereocenters. The zero-order valence-electron chi connectivity index (χ0n) is 14.6. The molecular weight excluding hydrogens is 376 g/mol. The van der Waals surface area contributed by atoms with Crippen molar-refractivity contribution in [1.82, 2.24) is 0 Å². The summed E-state index contributed by atoms with van der Waals surface area (Å²) in [6, 6.07) is 17.9. The maximum absolute atomic E-state index is 12.8. The summed E-state index contributed by atoms with van der Waals surface area (Å²) < 4.78 is 0. The molecule has 2 aromatic rings. The van der Waals surface area contributed by atoms with Gasteiger partial charge in [-0.05, 0) is 31.9 Å². The first kappa shape index (κ1) is 19.4. The van der Waals surface area contributed by atoms with Gasteiger partial charge < -0.3 is 4.90 Å². The van der Waals surface area contributed by atoms with E-state index in [4.69, 9.17) is 4.99 Å². The van der Waals surface area contributed by atoms with E-state index in [0.29, 0.717) is 6.54 Å². The van der Waals surface area contributed by atoms with Crippen LogP contribution in [-0.2, 0) is 0 Å². The highest BCUT2D eigenvalue weighted by molar-refractivity contribution is 8.93. The van der Waals surface area contributed by atoms with Crippen molar-refractivity contribution in [3.8, 4) is 0 Å². The van der Waals surface area contributed by atoms with E-state index in [9.17, 15) is 4.79 Å². The molecule has 0 unspecified atom stereocenters. The van der Waals surface area contributed by atoms with Crippen molar-refractivity contribution in [2.45, 2.75) is 32.6 Å². The Morgan fingerprint density at radius 1 is 1.00 bits per heavy atom. The fourth-order valence-electron chi connectivity index (χ4n) is 2.99. The van der Waals surface area contributed by atoms with Crippen molar-refractivity contribution < 1.29 is 4.79 Å². The number of Topliss-reactive ketones (excluding diaryl/α,β-unsaturated/α-hetero) is 1. The summed E-state index contributed by atoms with van der Waals surface area (Å²) in [5.74, 6) is 1.17. The average molecular weight is 401 g/mol. The molecule has 0 bridgehead atoms. The van der Waals surface area contributed by atoms with Crippen LogP contribution in [-0.4, -0.2) is 24.7 Å². The molecule has 25 heavy (non-hydrogen) atoms. The van der Waals surface area contributed by atoms with Gasteiger partial charge in [-0.1, -0.05) is 54.4 Å². The topological polar surface area (TPSA) is 32.7 Å².